The van der Waals surface area contributed by atoms with Gasteiger partial charge in [0.05, 0.1) is 7.11 Å². The molecule has 23 heavy (non-hydrogen) atoms. The second kappa shape index (κ2) is 6.39. The normalized spacial score (nSPS) is 10.4. The number of hydrogen-bond donors (Lipinski definition) is 1. The lowest BCUT2D eigenvalue weighted by Crippen LogP contribution is -2.00. The Balaban J connectivity index is 1.93. The highest BCUT2D eigenvalue weighted by atomic mass is 19.1. The number of ether oxygens (including phenoxy) is 1. The zero-order valence-corrected chi connectivity index (χ0v) is 12.7. The Morgan fingerprint density at radius 3 is 2.57 bits per heavy atom. The topological polar surface area (TPSA) is 59.9 Å². The fourth-order valence-electron chi connectivity index (χ4n) is 2.15. The van der Waals surface area contributed by atoms with Crippen molar-refractivity contribution in [2.24, 2.45) is 0 Å². The summed E-state index contributed by atoms with van der Waals surface area (Å²) in [6.45, 7) is 1.89. The molecule has 0 unspecified atom stereocenters. The molecule has 5 nitrogen and oxygen atoms in total. The molecule has 0 saturated heterocycles. The molecule has 116 valence electrons. The van der Waals surface area contributed by atoms with E-state index in [1.54, 1.807) is 24.5 Å². The van der Waals surface area contributed by atoms with E-state index in [9.17, 15) is 4.39 Å². The molecule has 1 N–H and O–H groups in total. The van der Waals surface area contributed by atoms with Crippen LogP contribution < -0.4 is 10.1 Å². The van der Waals surface area contributed by atoms with Crippen LogP contribution in [-0.2, 0) is 0 Å². The molecule has 0 aliphatic rings. The van der Waals surface area contributed by atoms with Gasteiger partial charge in [-0.15, -0.1) is 0 Å². The molecular formula is C17H15FN4O. The smallest absolute Gasteiger partial charge is 0.165 e. The van der Waals surface area contributed by atoms with Gasteiger partial charge in [-0.05, 0) is 31.2 Å². The first-order valence-electron chi connectivity index (χ1n) is 7.02. The second-order valence-electron chi connectivity index (χ2n) is 4.93. The summed E-state index contributed by atoms with van der Waals surface area (Å²) in [6, 6.07) is 10.1. The first kappa shape index (κ1) is 14.9. The van der Waals surface area contributed by atoms with Gasteiger partial charge in [-0.1, -0.05) is 0 Å². The van der Waals surface area contributed by atoms with Crippen LogP contribution in [0.25, 0.3) is 11.4 Å². The molecule has 0 spiro atoms. The van der Waals surface area contributed by atoms with Crippen LogP contribution in [0.1, 0.15) is 5.69 Å². The van der Waals surface area contributed by atoms with Gasteiger partial charge in [0.25, 0.3) is 0 Å². The second-order valence-corrected chi connectivity index (χ2v) is 4.93. The molecule has 0 aliphatic carbocycles. The minimum Gasteiger partial charge on any atom is -0.494 e. The van der Waals surface area contributed by atoms with Gasteiger partial charge in [0.1, 0.15) is 5.82 Å². The predicted octanol–water partition coefficient (Wildman–Crippen LogP) is 3.74. The molecule has 2 heterocycles. The SMILES string of the molecule is COc1cc(Nc2cc(C)nc(-c3ccncc3)n2)ccc1F. The average molecular weight is 310 g/mol. The molecule has 0 bridgehead atoms. The number of aromatic nitrogens is 3. The molecule has 0 saturated carbocycles. The maximum atomic E-state index is 13.5. The molecule has 0 amide bonds. The monoisotopic (exact) mass is 310 g/mol. The molecule has 2 aromatic heterocycles. The summed E-state index contributed by atoms with van der Waals surface area (Å²) in [4.78, 5) is 12.9. The molecule has 0 aliphatic heterocycles. The fourth-order valence-corrected chi connectivity index (χ4v) is 2.15. The number of rotatable bonds is 4. The number of anilines is 2. The van der Waals surface area contributed by atoms with Gasteiger partial charge in [-0.3, -0.25) is 4.98 Å². The molecule has 0 fully saturated rings. The molecule has 0 atom stereocenters. The largest absolute Gasteiger partial charge is 0.494 e. The van der Waals surface area contributed by atoms with Crippen molar-refractivity contribution in [2.75, 3.05) is 12.4 Å². The van der Waals surface area contributed by atoms with Crippen molar-refractivity contribution >= 4 is 11.5 Å². The Bertz CT molecular complexity index is 824. The fraction of sp³-hybridized carbons (Fsp3) is 0.118. The Hall–Kier alpha value is -3.02. The summed E-state index contributed by atoms with van der Waals surface area (Å²) in [7, 11) is 1.43. The number of nitrogens with zero attached hydrogens (tertiary/aromatic N) is 3. The molecule has 1 aromatic carbocycles. The van der Waals surface area contributed by atoms with E-state index < -0.39 is 5.82 Å². The van der Waals surface area contributed by atoms with Gasteiger partial charge in [0, 0.05) is 41.5 Å². The van der Waals surface area contributed by atoms with Crippen molar-refractivity contribution in [1.29, 1.82) is 0 Å². The summed E-state index contributed by atoms with van der Waals surface area (Å²) in [5.41, 5.74) is 2.38. The Kier molecular flexibility index (Phi) is 4.14. The molecule has 3 aromatic rings. The summed E-state index contributed by atoms with van der Waals surface area (Å²) in [5, 5.41) is 3.14. The lowest BCUT2D eigenvalue weighted by Gasteiger charge is -2.10. The van der Waals surface area contributed by atoms with Crippen LogP contribution in [0.3, 0.4) is 0 Å². The third-order valence-corrected chi connectivity index (χ3v) is 3.22. The van der Waals surface area contributed by atoms with Crippen LogP contribution in [0.5, 0.6) is 5.75 Å². The summed E-state index contributed by atoms with van der Waals surface area (Å²) >= 11 is 0. The van der Waals surface area contributed by atoms with Gasteiger partial charge >= 0.3 is 0 Å². The van der Waals surface area contributed by atoms with E-state index in [0.29, 0.717) is 17.3 Å². The van der Waals surface area contributed by atoms with Crippen LogP contribution in [-0.4, -0.2) is 22.1 Å². The highest BCUT2D eigenvalue weighted by Gasteiger charge is 2.07. The van der Waals surface area contributed by atoms with E-state index in [-0.39, 0.29) is 5.75 Å². The highest BCUT2D eigenvalue weighted by Crippen LogP contribution is 2.25. The number of halogens is 1. The van der Waals surface area contributed by atoms with Crippen molar-refractivity contribution in [2.45, 2.75) is 6.92 Å². The number of methoxy groups -OCH3 is 1. The Morgan fingerprint density at radius 1 is 1.04 bits per heavy atom. The van der Waals surface area contributed by atoms with Crippen LogP contribution >= 0.6 is 0 Å². The van der Waals surface area contributed by atoms with E-state index >= 15 is 0 Å². The van der Waals surface area contributed by atoms with Crippen molar-refractivity contribution in [1.82, 2.24) is 15.0 Å². The zero-order chi connectivity index (χ0) is 16.2. The van der Waals surface area contributed by atoms with Crippen LogP contribution in [0.2, 0.25) is 0 Å². The van der Waals surface area contributed by atoms with Gasteiger partial charge in [-0.25, -0.2) is 14.4 Å². The van der Waals surface area contributed by atoms with Crippen LogP contribution in [0.4, 0.5) is 15.9 Å². The highest BCUT2D eigenvalue weighted by molar-refractivity contribution is 5.62. The van der Waals surface area contributed by atoms with E-state index in [0.717, 1.165) is 11.3 Å². The standard InChI is InChI=1S/C17H15FN4O/c1-11-9-16(21-13-3-4-14(18)15(10-13)23-2)22-17(20-11)12-5-7-19-8-6-12/h3-10H,1-2H3,(H,20,21,22). The van der Waals surface area contributed by atoms with Crippen molar-refractivity contribution in [3.8, 4) is 17.1 Å². The summed E-state index contributed by atoms with van der Waals surface area (Å²) < 4.78 is 18.5. The van der Waals surface area contributed by atoms with Gasteiger partial charge in [0.2, 0.25) is 0 Å². The first-order valence-corrected chi connectivity index (χ1v) is 7.02. The van der Waals surface area contributed by atoms with Crippen LogP contribution in [0.15, 0.2) is 48.8 Å². The minimum absolute atomic E-state index is 0.176. The molecule has 6 heteroatoms. The Labute approximate surface area is 133 Å². The average Bonchev–Trinajstić information content (AvgIpc) is 2.57. The van der Waals surface area contributed by atoms with Crippen molar-refractivity contribution in [3.63, 3.8) is 0 Å². The van der Waals surface area contributed by atoms with Gasteiger partial charge in [0.15, 0.2) is 17.4 Å². The summed E-state index contributed by atoms with van der Waals surface area (Å²) in [5.74, 6) is 0.992. The van der Waals surface area contributed by atoms with Crippen molar-refractivity contribution < 1.29 is 9.13 Å². The number of aryl methyl sites for hydroxylation is 1. The molecule has 0 radical (unpaired) electrons. The lowest BCUT2D eigenvalue weighted by molar-refractivity contribution is 0.387. The third-order valence-electron chi connectivity index (χ3n) is 3.22. The molecule has 3 rings (SSSR count). The van der Waals surface area contributed by atoms with Gasteiger partial charge in [-0.2, -0.15) is 0 Å². The number of pyridine rings is 1. The Morgan fingerprint density at radius 2 is 1.83 bits per heavy atom. The molecular weight excluding hydrogens is 295 g/mol. The van der Waals surface area contributed by atoms with Crippen LogP contribution in [0, 0.1) is 12.7 Å². The quantitative estimate of drug-likeness (QED) is 0.795. The van der Waals surface area contributed by atoms with E-state index in [4.69, 9.17) is 4.74 Å². The maximum Gasteiger partial charge on any atom is 0.165 e. The zero-order valence-electron chi connectivity index (χ0n) is 12.7. The number of hydrogen-bond acceptors (Lipinski definition) is 5. The first-order chi connectivity index (χ1) is 11.2. The third kappa shape index (κ3) is 3.42. The number of benzene rings is 1. The predicted molar refractivity (Wildman–Crippen MR) is 86.2 cm³/mol. The van der Waals surface area contributed by atoms with Crippen molar-refractivity contribution in [3.05, 3.63) is 60.3 Å². The van der Waals surface area contributed by atoms with E-state index in [2.05, 4.69) is 20.3 Å². The van der Waals surface area contributed by atoms with E-state index in [1.165, 1.54) is 13.2 Å². The lowest BCUT2D eigenvalue weighted by atomic mass is 10.2. The van der Waals surface area contributed by atoms with Gasteiger partial charge < -0.3 is 10.1 Å². The minimum atomic E-state index is -0.408. The maximum absolute atomic E-state index is 13.5. The summed E-state index contributed by atoms with van der Waals surface area (Å²) in [6.07, 6.45) is 3.39. The number of nitrogens with one attached hydrogen (secondary N) is 1. The van der Waals surface area contributed by atoms with E-state index in [1.807, 2.05) is 25.1 Å².